The molecule has 0 fully saturated rings. The van der Waals surface area contributed by atoms with E-state index in [1.165, 1.54) is 0 Å². The molecule has 7 heteroatoms. The quantitative estimate of drug-likeness (QED) is 0.246. The summed E-state index contributed by atoms with van der Waals surface area (Å²) < 4.78 is 0. The maximum absolute atomic E-state index is 11.4. The van der Waals surface area contributed by atoms with Gasteiger partial charge in [-0.3, -0.25) is 9.78 Å². The molecule has 1 aromatic rings. The van der Waals surface area contributed by atoms with Crippen molar-refractivity contribution >= 4 is 11.7 Å². The van der Waals surface area contributed by atoms with E-state index in [4.69, 9.17) is 10.9 Å². The van der Waals surface area contributed by atoms with Crippen molar-refractivity contribution in [2.24, 2.45) is 10.9 Å². The van der Waals surface area contributed by atoms with E-state index in [2.05, 4.69) is 20.8 Å². The summed E-state index contributed by atoms with van der Waals surface area (Å²) in [6.45, 7) is 4.55. The van der Waals surface area contributed by atoms with Crippen LogP contribution in [-0.2, 0) is 11.3 Å². The third kappa shape index (κ3) is 5.35. The number of nitrogens with zero attached hydrogens (tertiary/aromatic N) is 2. The van der Waals surface area contributed by atoms with E-state index in [9.17, 15) is 4.79 Å². The van der Waals surface area contributed by atoms with Crippen molar-refractivity contribution in [3.8, 4) is 0 Å². The van der Waals surface area contributed by atoms with E-state index < -0.39 is 0 Å². The lowest BCUT2D eigenvalue weighted by Crippen LogP contribution is -2.37. The predicted octanol–water partition coefficient (Wildman–Crippen LogP) is -0.210. The molecule has 104 valence electrons. The van der Waals surface area contributed by atoms with Crippen molar-refractivity contribution < 1.29 is 10.0 Å². The minimum atomic E-state index is -0.0549. The summed E-state index contributed by atoms with van der Waals surface area (Å²) in [6, 6.07) is 3.62. The molecule has 1 rings (SSSR count). The number of amides is 1. The van der Waals surface area contributed by atoms with Gasteiger partial charge in [0, 0.05) is 18.8 Å². The van der Waals surface area contributed by atoms with Gasteiger partial charge in [-0.15, -0.1) is 0 Å². The van der Waals surface area contributed by atoms with Crippen molar-refractivity contribution in [3.05, 3.63) is 29.6 Å². The summed E-state index contributed by atoms with van der Waals surface area (Å²) >= 11 is 0. The SMILES string of the molecule is CC(C)NC(=O)CNCc1ccnc(C(N)=NO)c1. The lowest BCUT2D eigenvalue weighted by atomic mass is 10.2. The van der Waals surface area contributed by atoms with E-state index in [0.29, 0.717) is 12.2 Å². The van der Waals surface area contributed by atoms with Crippen LogP contribution >= 0.6 is 0 Å². The fraction of sp³-hybridized carbons (Fsp3) is 0.417. The van der Waals surface area contributed by atoms with Crippen LogP contribution in [0.2, 0.25) is 0 Å². The second kappa shape index (κ2) is 7.32. The van der Waals surface area contributed by atoms with Gasteiger partial charge in [0.1, 0.15) is 5.69 Å². The normalized spacial score (nSPS) is 11.6. The smallest absolute Gasteiger partial charge is 0.234 e. The highest BCUT2D eigenvalue weighted by Gasteiger charge is 2.04. The van der Waals surface area contributed by atoms with E-state index in [1.807, 2.05) is 13.8 Å². The predicted molar refractivity (Wildman–Crippen MR) is 71.7 cm³/mol. The Balaban J connectivity index is 2.48. The van der Waals surface area contributed by atoms with Crippen molar-refractivity contribution in [3.63, 3.8) is 0 Å². The molecule has 0 saturated carbocycles. The molecule has 0 aliphatic heterocycles. The molecule has 0 aromatic carbocycles. The van der Waals surface area contributed by atoms with Gasteiger partial charge in [0.05, 0.1) is 6.54 Å². The molecule has 0 saturated heterocycles. The summed E-state index contributed by atoms with van der Waals surface area (Å²) in [5, 5.41) is 17.2. The summed E-state index contributed by atoms with van der Waals surface area (Å²) in [5.41, 5.74) is 6.74. The molecule has 19 heavy (non-hydrogen) atoms. The highest BCUT2D eigenvalue weighted by Crippen LogP contribution is 2.01. The first-order valence-electron chi connectivity index (χ1n) is 5.96. The number of amidine groups is 1. The van der Waals surface area contributed by atoms with E-state index in [-0.39, 0.29) is 24.3 Å². The molecule has 5 N–H and O–H groups in total. The lowest BCUT2D eigenvalue weighted by molar-refractivity contribution is -0.120. The van der Waals surface area contributed by atoms with Gasteiger partial charge < -0.3 is 21.6 Å². The minimum Gasteiger partial charge on any atom is -0.409 e. The summed E-state index contributed by atoms with van der Waals surface area (Å²) in [5.74, 6) is -0.0971. The van der Waals surface area contributed by atoms with Crippen molar-refractivity contribution in [2.75, 3.05) is 6.54 Å². The molecular formula is C12H19N5O2. The van der Waals surface area contributed by atoms with Crippen LogP contribution in [-0.4, -0.2) is 34.5 Å². The first-order chi connectivity index (χ1) is 9.02. The number of nitrogens with two attached hydrogens (primary N) is 1. The first kappa shape index (κ1) is 14.9. The van der Waals surface area contributed by atoms with Crippen LogP contribution in [0.1, 0.15) is 25.1 Å². The molecule has 0 aliphatic rings. The second-order valence-corrected chi connectivity index (χ2v) is 4.36. The van der Waals surface area contributed by atoms with Crippen molar-refractivity contribution in [1.29, 1.82) is 0 Å². The van der Waals surface area contributed by atoms with E-state index in [1.54, 1.807) is 18.3 Å². The van der Waals surface area contributed by atoms with Crippen LogP contribution in [0, 0.1) is 0 Å². The highest BCUT2D eigenvalue weighted by atomic mass is 16.4. The van der Waals surface area contributed by atoms with Crippen LogP contribution in [0.4, 0.5) is 0 Å². The largest absolute Gasteiger partial charge is 0.409 e. The Kier molecular flexibility index (Phi) is 5.74. The van der Waals surface area contributed by atoms with Gasteiger partial charge in [-0.1, -0.05) is 5.16 Å². The number of rotatable bonds is 6. The topological polar surface area (TPSA) is 113 Å². The molecule has 0 atom stereocenters. The number of nitrogens with one attached hydrogen (secondary N) is 2. The Labute approximate surface area is 111 Å². The molecule has 0 aliphatic carbocycles. The van der Waals surface area contributed by atoms with Crippen molar-refractivity contribution in [1.82, 2.24) is 15.6 Å². The van der Waals surface area contributed by atoms with E-state index >= 15 is 0 Å². The monoisotopic (exact) mass is 265 g/mol. The van der Waals surface area contributed by atoms with Gasteiger partial charge in [0.25, 0.3) is 0 Å². The zero-order chi connectivity index (χ0) is 14.3. The van der Waals surface area contributed by atoms with Crippen LogP contribution in [0.3, 0.4) is 0 Å². The Morgan fingerprint density at radius 3 is 2.95 bits per heavy atom. The van der Waals surface area contributed by atoms with Crippen LogP contribution in [0.15, 0.2) is 23.5 Å². The fourth-order valence-electron chi connectivity index (χ4n) is 1.47. The molecule has 1 aromatic heterocycles. The van der Waals surface area contributed by atoms with E-state index in [0.717, 1.165) is 5.56 Å². The number of oxime groups is 1. The molecule has 1 heterocycles. The number of aromatic nitrogens is 1. The summed E-state index contributed by atoms with van der Waals surface area (Å²) in [4.78, 5) is 15.4. The van der Waals surface area contributed by atoms with Crippen LogP contribution in [0.5, 0.6) is 0 Å². The zero-order valence-electron chi connectivity index (χ0n) is 11.1. The van der Waals surface area contributed by atoms with Gasteiger partial charge in [0.15, 0.2) is 5.84 Å². The number of pyridine rings is 1. The van der Waals surface area contributed by atoms with Crippen molar-refractivity contribution in [2.45, 2.75) is 26.4 Å². The van der Waals surface area contributed by atoms with Gasteiger partial charge in [0.2, 0.25) is 5.91 Å². The Morgan fingerprint density at radius 1 is 1.58 bits per heavy atom. The van der Waals surface area contributed by atoms with Crippen LogP contribution in [0.25, 0.3) is 0 Å². The number of carbonyl (C=O) groups is 1. The summed E-state index contributed by atoms with van der Waals surface area (Å²) in [7, 11) is 0. The average Bonchev–Trinajstić information content (AvgIpc) is 2.37. The van der Waals surface area contributed by atoms with Gasteiger partial charge in [-0.25, -0.2) is 0 Å². The average molecular weight is 265 g/mol. The molecule has 0 spiro atoms. The summed E-state index contributed by atoms with van der Waals surface area (Å²) in [6.07, 6.45) is 1.57. The third-order valence-corrected chi connectivity index (χ3v) is 2.26. The fourth-order valence-corrected chi connectivity index (χ4v) is 1.47. The Bertz CT molecular complexity index is 459. The highest BCUT2D eigenvalue weighted by molar-refractivity contribution is 5.95. The van der Waals surface area contributed by atoms with Gasteiger partial charge in [-0.05, 0) is 31.5 Å². The molecule has 0 bridgehead atoms. The second-order valence-electron chi connectivity index (χ2n) is 4.36. The Hall–Kier alpha value is -2.15. The minimum absolute atomic E-state index is 0.0422. The molecular weight excluding hydrogens is 246 g/mol. The molecule has 1 amide bonds. The number of hydrogen-bond acceptors (Lipinski definition) is 5. The Morgan fingerprint density at radius 2 is 2.32 bits per heavy atom. The lowest BCUT2D eigenvalue weighted by Gasteiger charge is -2.09. The van der Waals surface area contributed by atoms with Crippen LogP contribution < -0.4 is 16.4 Å². The standard InChI is InChI=1S/C12H19N5O2/c1-8(2)16-11(18)7-14-6-9-3-4-15-10(5-9)12(13)17-19/h3-5,8,14,19H,6-7H2,1-2H3,(H2,13,17)(H,16,18). The molecule has 7 nitrogen and oxygen atoms in total. The van der Waals surface area contributed by atoms with Gasteiger partial charge in [-0.2, -0.15) is 0 Å². The molecule has 0 unspecified atom stereocenters. The maximum atomic E-state index is 11.4. The maximum Gasteiger partial charge on any atom is 0.234 e. The third-order valence-electron chi connectivity index (χ3n) is 2.26. The first-order valence-corrected chi connectivity index (χ1v) is 5.96. The molecule has 0 radical (unpaired) electrons. The number of hydrogen-bond donors (Lipinski definition) is 4. The van der Waals surface area contributed by atoms with Gasteiger partial charge >= 0.3 is 0 Å². The number of carbonyl (C=O) groups excluding carboxylic acids is 1. The zero-order valence-corrected chi connectivity index (χ0v) is 11.1.